The van der Waals surface area contributed by atoms with E-state index in [-0.39, 0.29) is 0 Å². The van der Waals surface area contributed by atoms with E-state index < -0.39 is 0 Å². The molecule has 21 heavy (non-hydrogen) atoms. The Kier molecular flexibility index (Phi) is 4.31. The lowest BCUT2D eigenvalue weighted by Crippen LogP contribution is -2.30. The van der Waals surface area contributed by atoms with E-state index in [1.54, 1.807) is 21.5 Å². The highest BCUT2D eigenvalue weighted by atomic mass is 35.5. The largest absolute Gasteiger partial charge is 0.266 e. The first-order chi connectivity index (χ1) is 10.1. The number of nitrogens with zero attached hydrogens (tertiary/aromatic N) is 4. The molecule has 1 aromatic carbocycles. The van der Waals surface area contributed by atoms with Crippen molar-refractivity contribution in [1.29, 1.82) is 5.41 Å². The van der Waals surface area contributed by atoms with Gasteiger partial charge < -0.3 is 0 Å². The molecule has 1 aromatic heterocycles. The van der Waals surface area contributed by atoms with Gasteiger partial charge in [0.2, 0.25) is 5.62 Å². The summed E-state index contributed by atoms with van der Waals surface area (Å²) in [5, 5.41) is 17.7. The second-order valence-electron chi connectivity index (χ2n) is 5.43. The average Bonchev–Trinajstić information content (AvgIpc) is 2.84. The Balaban J connectivity index is 1.83. The van der Waals surface area contributed by atoms with Crippen molar-refractivity contribution in [3.05, 3.63) is 39.4 Å². The summed E-state index contributed by atoms with van der Waals surface area (Å²) in [6.07, 6.45) is 5.84. The van der Waals surface area contributed by atoms with Crippen molar-refractivity contribution >= 4 is 23.2 Å². The van der Waals surface area contributed by atoms with Gasteiger partial charge in [0.15, 0.2) is 0 Å². The number of nitrogens with one attached hydrogen (secondary N) is 1. The molecular formula is C14H17Cl2N5. The van der Waals surface area contributed by atoms with Crippen LogP contribution in [0.15, 0.2) is 18.2 Å². The third kappa shape index (κ3) is 3.14. The van der Waals surface area contributed by atoms with Gasteiger partial charge in [0.1, 0.15) is 0 Å². The molecule has 0 bridgehead atoms. The highest BCUT2D eigenvalue weighted by molar-refractivity contribution is 6.35. The predicted octanol–water partition coefficient (Wildman–Crippen LogP) is 3.42. The molecule has 1 aliphatic rings. The number of benzene rings is 1. The van der Waals surface area contributed by atoms with Crippen molar-refractivity contribution in [1.82, 2.24) is 19.8 Å². The molecule has 1 fully saturated rings. The van der Waals surface area contributed by atoms with E-state index in [2.05, 4.69) is 10.4 Å². The lowest BCUT2D eigenvalue weighted by atomic mass is 9.96. The zero-order chi connectivity index (χ0) is 14.8. The van der Waals surface area contributed by atoms with Crippen LogP contribution in [0.25, 0.3) is 0 Å². The number of tetrazole rings is 1. The molecule has 0 spiro atoms. The summed E-state index contributed by atoms with van der Waals surface area (Å²) in [6.45, 7) is 0.432. The third-order valence-electron chi connectivity index (χ3n) is 3.96. The normalized spacial score (nSPS) is 16.3. The van der Waals surface area contributed by atoms with E-state index >= 15 is 0 Å². The zero-order valence-corrected chi connectivity index (χ0v) is 13.1. The minimum atomic E-state index is 0.306. The van der Waals surface area contributed by atoms with E-state index in [0.29, 0.717) is 28.3 Å². The van der Waals surface area contributed by atoms with Crippen LogP contribution in [0, 0.1) is 5.41 Å². The number of hydrogen-bond donors (Lipinski definition) is 1. The monoisotopic (exact) mass is 325 g/mol. The Labute approximate surface area is 133 Å². The Morgan fingerprint density at radius 2 is 1.90 bits per heavy atom. The SMILES string of the molecule is N=c1n(Cc2ccc(Cl)cc2Cl)nnn1C1CCCCC1. The van der Waals surface area contributed by atoms with Crippen LogP contribution in [0.2, 0.25) is 10.0 Å². The summed E-state index contributed by atoms with van der Waals surface area (Å²) >= 11 is 12.1. The van der Waals surface area contributed by atoms with Gasteiger partial charge in [-0.2, -0.15) is 0 Å². The van der Waals surface area contributed by atoms with Gasteiger partial charge in [-0.3, -0.25) is 5.41 Å². The van der Waals surface area contributed by atoms with Crippen molar-refractivity contribution in [2.24, 2.45) is 0 Å². The Morgan fingerprint density at radius 3 is 2.62 bits per heavy atom. The molecular weight excluding hydrogens is 309 g/mol. The van der Waals surface area contributed by atoms with Crippen LogP contribution in [0.1, 0.15) is 43.7 Å². The first-order valence-corrected chi connectivity index (χ1v) is 7.91. The van der Waals surface area contributed by atoms with Crippen LogP contribution >= 0.6 is 23.2 Å². The molecule has 1 N–H and O–H groups in total. The Morgan fingerprint density at radius 1 is 1.14 bits per heavy atom. The van der Waals surface area contributed by atoms with E-state index in [4.69, 9.17) is 28.6 Å². The van der Waals surface area contributed by atoms with Crippen molar-refractivity contribution in [3.63, 3.8) is 0 Å². The highest BCUT2D eigenvalue weighted by Crippen LogP contribution is 2.26. The predicted molar refractivity (Wildman–Crippen MR) is 81.6 cm³/mol. The van der Waals surface area contributed by atoms with Crippen LogP contribution in [0.5, 0.6) is 0 Å². The standard InChI is InChI=1S/C14H17Cl2N5/c15-11-7-6-10(13(16)8-11)9-20-14(17)21(19-18-20)12-4-2-1-3-5-12/h6-8,12,17H,1-5,9H2. The third-order valence-corrected chi connectivity index (χ3v) is 4.55. The number of hydrogen-bond acceptors (Lipinski definition) is 3. The summed E-state index contributed by atoms with van der Waals surface area (Å²) in [7, 11) is 0. The van der Waals surface area contributed by atoms with Gasteiger partial charge in [0, 0.05) is 10.0 Å². The maximum absolute atomic E-state index is 8.26. The molecule has 0 amide bonds. The molecule has 0 radical (unpaired) electrons. The van der Waals surface area contributed by atoms with Gasteiger partial charge in [-0.15, -0.1) is 0 Å². The molecule has 0 saturated heterocycles. The molecule has 1 heterocycles. The topological polar surface area (TPSA) is 59.5 Å². The number of aromatic nitrogens is 4. The summed E-state index contributed by atoms with van der Waals surface area (Å²) < 4.78 is 3.31. The van der Waals surface area contributed by atoms with E-state index in [1.807, 2.05) is 6.07 Å². The van der Waals surface area contributed by atoms with Gasteiger partial charge in [0.25, 0.3) is 0 Å². The average molecular weight is 326 g/mol. The maximum atomic E-state index is 8.26. The first-order valence-electron chi connectivity index (χ1n) is 7.16. The molecule has 5 nitrogen and oxygen atoms in total. The molecule has 1 aliphatic carbocycles. The van der Waals surface area contributed by atoms with Crippen LogP contribution in [-0.4, -0.2) is 19.8 Å². The van der Waals surface area contributed by atoms with Gasteiger partial charge >= 0.3 is 0 Å². The molecule has 112 valence electrons. The Hall–Kier alpha value is -1.33. The maximum Gasteiger partial charge on any atom is 0.238 e. The fraction of sp³-hybridized carbons (Fsp3) is 0.500. The lowest BCUT2D eigenvalue weighted by Gasteiger charge is -2.20. The fourth-order valence-electron chi connectivity index (χ4n) is 2.78. The van der Waals surface area contributed by atoms with Crippen molar-refractivity contribution in [3.8, 4) is 0 Å². The summed E-state index contributed by atoms with van der Waals surface area (Å²) in [5.41, 5.74) is 1.21. The number of halogens is 2. The smallest absolute Gasteiger partial charge is 0.238 e. The summed E-state index contributed by atoms with van der Waals surface area (Å²) in [6, 6.07) is 5.66. The van der Waals surface area contributed by atoms with Crippen LogP contribution in [0.4, 0.5) is 0 Å². The molecule has 3 rings (SSSR count). The van der Waals surface area contributed by atoms with Crippen LogP contribution in [0.3, 0.4) is 0 Å². The van der Waals surface area contributed by atoms with Crippen molar-refractivity contribution in [2.45, 2.75) is 44.7 Å². The fourth-order valence-corrected chi connectivity index (χ4v) is 3.25. The van der Waals surface area contributed by atoms with Gasteiger partial charge in [-0.25, -0.2) is 9.36 Å². The van der Waals surface area contributed by atoms with Gasteiger partial charge in [-0.05, 0) is 41.0 Å². The molecule has 1 saturated carbocycles. The molecule has 7 heteroatoms. The number of rotatable bonds is 3. The van der Waals surface area contributed by atoms with Crippen molar-refractivity contribution < 1.29 is 0 Å². The first kappa shape index (κ1) is 14.6. The second-order valence-corrected chi connectivity index (χ2v) is 6.28. The van der Waals surface area contributed by atoms with Gasteiger partial charge in [0.05, 0.1) is 12.6 Å². The quantitative estimate of drug-likeness (QED) is 0.939. The van der Waals surface area contributed by atoms with Crippen molar-refractivity contribution in [2.75, 3.05) is 0 Å². The van der Waals surface area contributed by atoms with Gasteiger partial charge in [-0.1, -0.05) is 48.5 Å². The molecule has 2 aromatic rings. The minimum absolute atomic E-state index is 0.306. The zero-order valence-electron chi connectivity index (χ0n) is 11.6. The van der Waals surface area contributed by atoms with E-state index in [1.165, 1.54) is 19.3 Å². The van der Waals surface area contributed by atoms with Crippen LogP contribution in [-0.2, 0) is 6.54 Å². The van der Waals surface area contributed by atoms with E-state index in [9.17, 15) is 0 Å². The molecule has 0 atom stereocenters. The Bertz CT molecular complexity index is 685. The van der Waals surface area contributed by atoms with E-state index in [0.717, 1.165) is 18.4 Å². The highest BCUT2D eigenvalue weighted by Gasteiger charge is 2.19. The summed E-state index contributed by atoms with van der Waals surface area (Å²) in [5.74, 6) is 0. The molecule has 0 aliphatic heterocycles. The molecule has 0 unspecified atom stereocenters. The summed E-state index contributed by atoms with van der Waals surface area (Å²) in [4.78, 5) is 0. The second kappa shape index (κ2) is 6.20. The minimum Gasteiger partial charge on any atom is -0.266 e. The van der Waals surface area contributed by atoms with Crippen LogP contribution < -0.4 is 5.62 Å². The lowest BCUT2D eigenvalue weighted by molar-refractivity contribution is 0.313.